The van der Waals surface area contributed by atoms with Crippen LogP contribution in [0.5, 0.6) is 0 Å². The van der Waals surface area contributed by atoms with E-state index < -0.39 is 6.10 Å². The lowest BCUT2D eigenvalue weighted by atomic mass is 10.2. The smallest absolute Gasteiger partial charge is 0.151 e. The van der Waals surface area contributed by atoms with E-state index in [2.05, 4.69) is 32.0 Å². The molecule has 0 aromatic carbocycles. The van der Waals surface area contributed by atoms with Gasteiger partial charge in [0.15, 0.2) is 5.82 Å². The highest BCUT2D eigenvalue weighted by molar-refractivity contribution is 5.36. The van der Waals surface area contributed by atoms with Crippen LogP contribution in [0.2, 0.25) is 0 Å². The van der Waals surface area contributed by atoms with Crippen LogP contribution in [0.15, 0.2) is 36.8 Å². The molecule has 8 nitrogen and oxygen atoms in total. The quantitative estimate of drug-likeness (QED) is 0.734. The Bertz CT molecular complexity index is 609. The van der Waals surface area contributed by atoms with Crippen molar-refractivity contribution in [2.45, 2.75) is 25.7 Å². The van der Waals surface area contributed by atoms with Crippen LogP contribution in [0.1, 0.15) is 6.92 Å². The van der Waals surface area contributed by atoms with Crippen LogP contribution in [0.3, 0.4) is 0 Å². The van der Waals surface area contributed by atoms with Crippen LogP contribution >= 0.6 is 0 Å². The summed E-state index contributed by atoms with van der Waals surface area (Å²) >= 11 is 0. The summed E-state index contributed by atoms with van der Waals surface area (Å²) in [5.41, 5.74) is 0. The number of nitrogens with zero attached hydrogens (tertiary/aromatic N) is 6. The summed E-state index contributed by atoms with van der Waals surface area (Å²) in [6.07, 6.45) is 4.92. The molecule has 1 fully saturated rings. The van der Waals surface area contributed by atoms with E-state index >= 15 is 0 Å². The van der Waals surface area contributed by atoms with Gasteiger partial charge in [-0.2, -0.15) is 10.2 Å². The lowest BCUT2D eigenvalue weighted by molar-refractivity contribution is -0.0382. The van der Waals surface area contributed by atoms with Crippen molar-refractivity contribution in [1.29, 1.82) is 0 Å². The molecule has 0 saturated carbocycles. The van der Waals surface area contributed by atoms with E-state index in [0.29, 0.717) is 19.7 Å². The van der Waals surface area contributed by atoms with E-state index in [9.17, 15) is 5.11 Å². The molecule has 0 radical (unpaired) electrons. The molecule has 1 saturated heterocycles. The van der Waals surface area contributed by atoms with Gasteiger partial charge in [0.2, 0.25) is 0 Å². The minimum absolute atomic E-state index is 0.0904. The van der Waals surface area contributed by atoms with Gasteiger partial charge in [-0.1, -0.05) is 0 Å². The maximum atomic E-state index is 10.3. The summed E-state index contributed by atoms with van der Waals surface area (Å²) in [4.78, 5) is 4.42. The normalized spacial score (nSPS) is 19.7. The van der Waals surface area contributed by atoms with Gasteiger partial charge >= 0.3 is 0 Å². The fourth-order valence-electron chi connectivity index (χ4n) is 3.13. The third-order valence-corrected chi connectivity index (χ3v) is 4.34. The van der Waals surface area contributed by atoms with Crippen LogP contribution in [0.25, 0.3) is 0 Å². The largest absolute Gasteiger partial charge is 0.390 e. The molecule has 136 valence electrons. The SMILES string of the molecule is CCN(C[C@H]1CN(C[C@@H](O)Cn2cccn2)CCO1)c1cccnn1. The number of β-amino-alcohol motifs (C(OH)–C–C–N with tert-alkyl or cyclic N) is 1. The van der Waals surface area contributed by atoms with Crippen molar-refractivity contribution < 1.29 is 9.84 Å². The molecule has 2 aromatic heterocycles. The van der Waals surface area contributed by atoms with Crippen molar-refractivity contribution in [1.82, 2.24) is 24.9 Å². The predicted molar refractivity (Wildman–Crippen MR) is 94.3 cm³/mol. The summed E-state index contributed by atoms with van der Waals surface area (Å²) in [5, 5.41) is 22.6. The van der Waals surface area contributed by atoms with Gasteiger partial charge in [-0.15, -0.1) is 5.10 Å². The fourth-order valence-corrected chi connectivity index (χ4v) is 3.13. The highest BCUT2D eigenvalue weighted by Gasteiger charge is 2.24. The van der Waals surface area contributed by atoms with E-state index in [4.69, 9.17) is 4.74 Å². The average molecular weight is 346 g/mol. The average Bonchev–Trinajstić information content (AvgIpc) is 3.13. The van der Waals surface area contributed by atoms with Crippen LogP contribution in [-0.2, 0) is 11.3 Å². The molecule has 1 N–H and O–H groups in total. The second-order valence-corrected chi connectivity index (χ2v) is 6.25. The Morgan fingerprint density at radius 2 is 2.28 bits per heavy atom. The first-order chi connectivity index (χ1) is 12.2. The molecular formula is C17H26N6O2. The van der Waals surface area contributed by atoms with E-state index in [0.717, 1.165) is 32.0 Å². The van der Waals surface area contributed by atoms with Gasteiger partial charge in [-0.05, 0) is 25.1 Å². The van der Waals surface area contributed by atoms with Crippen LogP contribution in [-0.4, -0.2) is 81.5 Å². The van der Waals surface area contributed by atoms with Crippen molar-refractivity contribution in [3.05, 3.63) is 36.8 Å². The molecule has 1 aliphatic rings. The fraction of sp³-hybridized carbons (Fsp3) is 0.588. The maximum Gasteiger partial charge on any atom is 0.151 e. The van der Waals surface area contributed by atoms with E-state index in [1.165, 1.54) is 0 Å². The van der Waals surface area contributed by atoms with Crippen molar-refractivity contribution in [2.75, 3.05) is 44.2 Å². The number of hydrogen-bond acceptors (Lipinski definition) is 7. The molecule has 3 heterocycles. The number of likely N-dealkylation sites (N-methyl/N-ethyl adjacent to an activating group) is 1. The van der Waals surface area contributed by atoms with Gasteiger partial charge in [0, 0.05) is 51.3 Å². The zero-order valence-corrected chi connectivity index (χ0v) is 14.6. The van der Waals surface area contributed by atoms with Crippen LogP contribution < -0.4 is 4.90 Å². The number of aromatic nitrogens is 4. The summed E-state index contributed by atoms with van der Waals surface area (Å²) in [6.45, 7) is 7.16. The van der Waals surface area contributed by atoms with Gasteiger partial charge in [-0.3, -0.25) is 9.58 Å². The third-order valence-electron chi connectivity index (χ3n) is 4.34. The maximum absolute atomic E-state index is 10.3. The minimum atomic E-state index is -0.444. The highest BCUT2D eigenvalue weighted by Crippen LogP contribution is 2.13. The molecule has 2 atom stereocenters. The number of ether oxygens (including phenoxy) is 1. The van der Waals surface area contributed by atoms with Gasteiger partial charge in [0.1, 0.15) is 0 Å². The molecule has 0 spiro atoms. The molecule has 1 aliphatic heterocycles. The van der Waals surface area contributed by atoms with Gasteiger partial charge in [0.25, 0.3) is 0 Å². The molecule has 8 heteroatoms. The Morgan fingerprint density at radius 1 is 1.36 bits per heavy atom. The lowest BCUT2D eigenvalue weighted by Gasteiger charge is -2.36. The predicted octanol–water partition coefficient (Wildman–Crippen LogP) is 0.261. The number of morpholine rings is 1. The Labute approximate surface area is 148 Å². The van der Waals surface area contributed by atoms with E-state index in [1.807, 2.05) is 24.4 Å². The van der Waals surface area contributed by atoms with Gasteiger partial charge < -0.3 is 14.7 Å². The highest BCUT2D eigenvalue weighted by atomic mass is 16.5. The third kappa shape index (κ3) is 5.22. The Kier molecular flexibility index (Phi) is 6.32. The van der Waals surface area contributed by atoms with E-state index in [-0.39, 0.29) is 6.10 Å². The van der Waals surface area contributed by atoms with Crippen molar-refractivity contribution in [2.24, 2.45) is 0 Å². The lowest BCUT2D eigenvalue weighted by Crippen LogP contribution is -2.50. The van der Waals surface area contributed by atoms with Crippen LogP contribution in [0.4, 0.5) is 5.82 Å². The zero-order chi connectivity index (χ0) is 17.5. The summed E-state index contributed by atoms with van der Waals surface area (Å²) in [6, 6.07) is 5.72. The van der Waals surface area contributed by atoms with Crippen molar-refractivity contribution in [3.63, 3.8) is 0 Å². The molecule has 0 amide bonds. The number of rotatable bonds is 8. The van der Waals surface area contributed by atoms with Crippen molar-refractivity contribution >= 4 is 5.82 Å². The second-order valence-electron chi connectivity index (χ2n) is 6.25. The Balaban J connectivity index is 1.50. The molecule has 2 aromatic rings. The minimum Gasteiger partial charge on any atom is -0.390 e. The first-order valence-corrected chi connectivity index (χ1v) is 8.76. The van der Waals surface area contributed by atoms with Gasteiger partial charge in [0.05, 0.1) is 25.4 Å². The molecule has 0 aliphatic carbocycles. The monoisotopic (exact) mass is 346 g/mol. The standard InChI is InChI=1S/C17H26N6O2/c1-2-22(17-5-3-6-18-20-17)14-16-13-21(9-10-25-16)11-15(24)12-23-8-4-7-19-23/h3-8,15-16,24H,2,9-14H2,1H3/t15-,16-/m1/s1. The van der Waals surface area contributed by atoms with Crippen molar-refractivity contribution in [3.8, 4) is 0 Å². The Hall–Kier alpha value is -2.03. The Morgan fingerprint density at radius 3 is 3.00 bits per heavy atom. The molecule has 0 bridgehead atoms. The van der Waals surface area contributed by atoms with Crippen LogP contribution in [0, 0.1) is 0 Å². The summed E-state index contributed by atoms with van der Waals surface area (Å²) < 4.78 is 7.68. The van der Waals surface area contributed by atoms with E-state index in [1.54, 1.807) is 17.1 Å². The molecule has 3 rings (SSSR count). The first-order valence-electron chi connectivity index (χ1n) is 8.76. The first kappa shape index (κ1) is 17.8. The molecule has 25 heavy (non-hydrogen) atoms. The molecular weight excluding hydrogens is 320 g/mol. The number of aliphatic hydroxyl groups excluding tert-OH is 1. The zero-order valence-electron chi connectivity index (χ0n) is 14.6. The molecule has 0 unspecified atom stereocenters. The summed E-state index contributed by atoms with van der Waals surface area (Å²) in [5.74, 6) is 0.865. The number of aliphatic hydroxyl groups is 1. The topological polar surface area (TPSA) is 79.5 Å². The number of anilines is 1. The summed E-state index contributed by atoms with van der Waals surface area (Å²) in [7, 11) is 0. The van der Waals surface area contributed by atoms with Gasteiger partial charge in [-0.25, -0.2) is 0 Å². The number of hydrogen-bond donors (Lipinski definition) is 1. The second kappa shape index (κ2) is 8.89.